The number of ketones is 1. The Hall–Kier alpha value is -3.13. The third-order valence-electron chi connectivity index (χ3n) is 5.65. The standard InChI is InChI=1S/C21H19ClN2O6/c1-29-14-3-5-19-16(11-14)18(25)12-21(30-19)6-8-23(9-7-21)20(26)15-10-13(24(27)28)2-4-17(15)22/h2-5,10-11H,6-9,12H2,1H3. The number of carbonyl (C=O) groups excluding carboxylic acids is 2. The molecular formula is C21H19ClN2O6. The Morgan fingerprint density at radius 2 is 1.97 bits per heavy atom. The van der Waals surface area contributed by atoms with Crippen LogP contribution in [0, 0.1) is 10.1 Å². The number of nitro groups is 1. The number of hydrogen-bond acceptors (Lipinski definition) is 6. The number of non-ortho nitro benzene ring substituents is 1. The van der Waals surface area contributed by atoms with E-state index in [0.717, 1.165) is 0 Å². The summed E-state index contributed by atoms with van der Waals surface area (Å²) < 4.78 is 11.4. The second-order valence-electron chi connectivity index (χ2n) is 7.46. The number of methoxy groups -OCH3 is 1. The molecule has 2 heterocycles. The quantitative estimate of drug-likeness (QED) is 0.541. The third-order valence-corrected chi connectivity index (χ3v) is 5.98. The lowest BCUT2D eigenvalue weighted by atomic mass is 9.82. The first kappa shape index (κ1) is 20.2. The molecule has 0 atom stereocenters. The van der Waals surface area contributed by atoms with Crippen molar-refractivity contribution in [3.8, 4) is 11.5 Å². The van der Waals surface area contributed by atoms with Crippen molar-refractivity contribution in [2.24, 2.45) is 0 Å². The molecule has 2 aliphatic rings. The van der Waals surface area contributed by atoms with Crippen molar-refractivity contribution in [3.63, 3.8) is 0 Å². The van der Waals surface area contributed by atoms with Gasteiger partial charge in [0.25, 0.3) is 11.6 Å². The Labute approximate surface area is 177 Å². The first-order valence-corrected chi connectivity index (χ1v) is 9.83. The average Bonchev–Trinajstić information content (AvgIpc) is 2.74. The minimum atomic E-state index is -0.665. The minimum absolute atomic E-state index is 0.0170. The van der Waals surface area contributed by atoms with Crippen molar-refractivity contribution in [1.29, 1.82) is 0 Å². The van der Waals surface area contributed by atoms with Crippen LogP contribution in [0.3, 0.4) is 0 Å². The SMILES string of the molecule is COc1ccc2c(c1)C(=O)CC1(CCN(C(=O)c3cc([N+](=O)[O-])ccc3Cl)CC1)O2. The van der Waals surface area contributed by atoms with Crippen LogP contribution in [0.4, 0.5) is 5.69 Å². The second kappa shape index (κ2) is 7.60. The number of ether oxygens (including phenoxy) is 2. The molecule has 0 radical (unpaired) electrons. The molecule has 30 heavy (non-hydrogen) atoms. The van der Waals surface area contributed by atoms with Gasteiger partial charge in [-0.25, -0.2) is 0 Å². The van der Waals surface area contributed by atoms with Gasteiger partial charge in [-0.2, -0.15) is 0 Å². The number of nitro benzene ring substituents is 1. The van der Waals surface area contributed by atoms with Crippen molar-refractivity contribution in [3.05, 3.63) is 62.7 Å². The highest BCUT2D eigenvalue weighted by Crippen LogP contribution is 2.41. The van der Waals surface area contributed by atoms with Crippen LogP contribution in [0.15, 0.2) is 36.4 Å². The average molecular weight is 431 g/mol. The van der Waals surface area contributed by atoms with Gasteiger partial charge in [0, 0.05) is 38.1 Å². The van der Waals surface area contributed by atoms with Gasteiger partial charge >= 0.3 is 0 Å². The van der Waals surface area contributed by atoms with Crippen LogP contribution < -0.4 is 9.47 Å². The maximum absolute atomic E-state index is 12.9. The summed E-state index contributed by atoms with van der Waals surface area (Å²) >= 11 is 6.11. The first-order chi connectivity index (χ1) is 14.3. The first-order valence-electron chi connectivity index (χ1n) is 9.45. The maximum Gasteiger partial charge on any atom is 0.270 e. The van der Waals surface area contributed by atoms with E-state index >= 15 is 0 Å². The molecule has 4 rings (SSSR count). The van der Waals surface area contributed by atoms with Gasteiger partial charge in [-0.05, 0) is 24.3 Å². The molecule has 1 fully saturated rings. The Morgan fingerprint density at radius 1 is 1.23 bits per heavy atom. The topological polar surface area (TPSA) is 99.0 Å². The van der Waals surface area contributed by atoms with Crippen LogP contribution in [0.5, 0.6) is 11.5 Å². The zero-order valence-corrected chi connectivity index (χ0v) is 17.0. The smallest absolute Gasteiger partial charge is 0.270 e. The molecule has 0 aromatic heterocycles. The summed E-state index contributed by atoms with van der Waals surface area (Å²) in [4.78, 5) is 37.7. The third kappa shape index (κ3) is 3.59. The molecule has 1 amide bonds. The van der Waals surface area contributed by atoms with Crippen molar-refractivity contribution >= 4 is 29.0 Å². The summed E-state index contributed by atoms with van der Waals surface area (Å²) in [6.07, 6.45) is 1.18. The van der Waals surface area contributed by atoms with E-state index in [1.54, 1.807) is 23.1 Å². The molecule has 0 bridgehead atoms. The van der Waals surface area contributed by atoms with E-state index < -0.39 is 10.5 Å². The fourth-order valence-corrected chi connectivity index (χ4v) is 4.16. The number of nitrogens with zero attached hydrogens (tertiary/aromatic N) is 2. The van der Waals surface area contributed by atoms with E-state index in [4.69, 9.17) is 21.1 Å². The van der Waals surface area contributed by atoms with Crippen molar-refractivity contribution < 1.29 is 24.0 Å². The number of carbonyl (C=O) groups is 2. The highest BCUT2D eigenvalue weighted by Gasteiger charge is 2.44. The summed E-state index contributed by atoms with van der Waals surface area (Å²) in [5, 5.41) is 11.2. The van der Waals surface area contributed by atoms with Crippen LogP contribution in [0.2, 0.25) is 5.02 Å². The van der Waals surface area contributed by atoms with E-state index in [0.29, 0.717) is 43.0 Å². The summed E-state index contributed by atoms with van der Waals surface area (Å²) in [6, 6.07) is 8.96. The van der Waals surface area contributed by atoms with Gasteiger partial charge in [-0.15, -0.1) is 0 Å². The highest BCUT2D eigenvalue weighted by molar-refractivity contribution is 6.33. The number of amides is 1. The Balaban J connectivity index is 1.50. The van der Waals surface area contributed by atoms with Crippen molar-refractivity contribution in [1.82, 2.24) is 4.90 Å². The lowest BCUT2D eigenvalue weighted by Gasteiger charge is -2.44. The molecule has 2 aromatic carbocycles. The number of hydrogen-bond donors (Lipinski definition) is 0. The van der Waals surface area contributed by atoms with Gasteiger partial charge in [-0.1, -0.05) is 11.6 Å². The number of piperidine rings is 1. The number of likely N-dealkylation sites (tertiary alicyclic amines) is 1. The Kier molecular flexibility index (Phi) is 5.11. The minimum Gasteiger partial charge on any atom is -0.497 e. The molecule has 0 saturated carbocycles. The number of Topliss-reactive ketones (excluding diaryl/α,β-unsaturated/α-hetero) is 1. The molecule has 0 aliphatic carbocycles. The number of halogens is 1. The highest BCUT2D eigenvalue weighted by atomic mass is 35.5. The van der Waals surface area contributed by atoms with Crippen LogP contribution in [-0.2, 0) is 0 Å². The second-order valence-corrected chi connectivity index (χ2v) is 7.87. The fourth-order valence-electron chi connectivity index (χ4n) is 3.96. The molecule has 0 N–H and O–H groups in total. The lowest BCUT2D eigenvalue weighted by molar-refractivity contribution is -0.384. The molecule has 0 unspecified atom stereocenters. The summed E-state index contributed by atoms with van der Waals surface area (Å²) in [6.45, 7) is 0.716. The summed E-state index contributed by atoms with van der Waals surface area (Å²) in [5.74, 6) is 0.729. The molecule has 2 aromatic rings. The molecule has 1 saturated heterocycles. The molecule has 1 spiro atoms. The number of rotatable bonds is 3. The van der Waals surface area contributed by atoms with Crippen LogP contribution in [-0.4, -0.2) is 47.3 Å². The van der Waals surface area contributed by atoms with Crippen LogP contribution >= 0.6 is 11.6 Å². The van der Waals surface area contributed by atoms with E-state index in [1.165, 1.54) is 25.3 Å². The fraction of sp³-hybridized carbons (Fsp3) is 0.333. The Morgan fingerprint density at radius 3 is 2.63 bits per heavy atom. The van der Waals surface area contributed by atoms with Gasteiger partial charge in [0.1, 0.15) is 17.1 Å². The lowest BCUT2D eigenvalue weighted by Crippen LogP contribution is -2.52. The van der Waals surface area contributed by atoms with Gasteiger partial charge in [0.15, 0.2) is 5.78 Å². The van der Waals surface area contributed by atoms with E-state index in [-0.39, 0.29) is 34.4 Å². The Bertz CT molecular complexity index is 1050. The predicted octanol–water partition coefficient (Wildman–Crippen LogP) is 3.90. The van der Waals surface area contributed by atoms with Gasteiger partial charge in [0.2, 0.25) is 0 Å². The van der Waals surface area contributed by atoms with Gasteiger partial charge in [-0.3, -0.25) is 19.7 Å². The molecule has 8 nitrogen and oxygen atoms in total. The van der Waals surface area contributed by atoms with Gasteiger partial charge in [0.05, 0.1) is 34.6 Å². The summed E-state index contributed by atoms with van der Waals surface area (Å²) in [7, 11) is 1.54. The van der Waals surface area contributed by atoms with Crippen LogP contribution in [0.1, 0.15) is 40.0 Å². The normalized spacial score (nSPS) is 17.3. The van der Waals surface area contributed by atoms with Crippen molar-refractivity contribution in [2.45, 2.75) is 24.9 Å². The monoisotopic (exact) mass is 430 g/mol. The number of fused-ring (bicyclic) bond motifs is 1. The number of benzene rings is 2. The molecule has 9 heteroatoms. The molecule has 2 aliphatic heterocycles. The van der Waals surface area contributed by atoms with Crippen LogP contribution in [0.25, 0.3) is 0 Å². The maximum atomic E-state index is 12.9. The summed E-state index contributed by atoms with van der Waals surface area (Å²) in [5.41, 5.74) is -0.256. The van der Waals surface area contributed by atoms with E-state index in [2.05, 4.69) is 0 Å². The van der Waals surface area contributed by atoms with E-state index in [9.17, 15) is 19.7 Å². The zero-order valence-electron chi connectivity index (χ0n) is 16.2. The van der Waals surface area contributed by atoms with E-state index in [1.807, 2.05) is 0 Å². The predicted molar refractivity (Wildman–Crippen MR) is 109 cm³/mol. The molecule has 156 valence electrons. The zero-order chi connectivity index (χ0) is 21.5. The van der Waals surface area contributed by atoms with Gasteiger partial charge < -0.3 is 14.4 Å². The molecular weight excluding hydrogens is 412 g/mol. The van der Waals surface area contributed by atoms with Crippen molar-refractivity contribution in [2.75, 3.05) is 20.2 Å². The largest absolute Gasteiger partial charge is 0.497 e.